The third-order valence-corrected chi connectivity index (χ3v) is 6.62. The minimum atomic E-state index is -0.514. The van der Waals surface area contributed by atoms with Gasteiger partial charge in [0.1, 0.15) is 17.5 Å². The van der Waals surface area contributed by atoms with Gasteiger partial charge in [0.15, 0.2) is 5.75 Å². The molecule has 4 rings (SSSR count). The number of esters is 1. The molecule has 0 N–H and O–H groups in total. The number of pyridine rings is 2. The molecule has 1 amide bonds. The molecule has 3 aromatic rings. The van der Waals surface area contributed by atoms with Crippen molar-refractivity contribution in [3.05, 3.63) is 42.4 Å². The first kappa shape index (κ1) is 26.9. The molecule has 0 unspecified atom stereocenters. The van der Waals surface area contributed by atoms with Crippen LogP contribution in [0.1, 0.15) is 52.5 Å². The van der Waals surface area contributed by atoms with E-state index in [2.05, 4.69) is 23.0 Å². The Labute approximate surface area is 222 Å². The molecule has 0 atom stereocenters. The Morgan fingerprint density at radius 3 is 2.47 bits per heavy atom. The molecule has 0 saturated carbocycles. The number of rotatable bonds is 5. The number of anilines is 1. The molecule has 10 nitrogen and oxygen atoms in total. The van der Waals surface area contributed by atoms with Crippen molar-refractivity contribution in [1.29, 1.82) is 5.26 Å². The van der Waals surface area contributed by atoms with E-state index in [4.69, 9.17) is 14.5 Å². The molecule has 0 bridgehead atoms. The summed E-state index contributed by atoms with van der Waals surface area (Å²) in [5.41, 5.74) is 1.89. The van der Waals surface area contributed by atoms with Crippen molar-refractivity contribution in [3.63, 3.8) is 0 Å². The molecule has 1 aliphatic rings. The Morgan fingerprint density at radius 1 is 1.18 bits per heavy atom. The van der Waals surface area contributed by atoms with E-state index in [0.717, 1.165) is 37.3 Å². The van der Waals surface area contributed by atoms with Crippen molar-refractivity contribution in [2.45, 2.75) is 52.6 Å². The normalized spacial score (nSPS) is 15.1. The van der Waals surface area contributed by atoms with Crippen molar-refractivity contribution in [3.8, 4) is 22.9 Å². The Bertz CT molecular complexity index is 1370. The van der Waals surface area contributed by atoms with Crippen LogP contribution in [0.5, 0.6) is 5.75 Å². The number of nitriles is 1. The summed E-state index contributed by atoms with van der Waals surface area (Å²) in [5.74, 6) is 0.994. The highest BCUT2D eigenvalue weighted by Gasteiger charge is 2.34. The van der Waals surface area contributed by atoms with Crippen molar-refractivity contribution >= 4 is 23.4 Å². The number of carbonyl (C=O) groups excluding carboxylic acids is 2. The standard InChI is InChI=1S/C28H34N6O4/c1-27(2,3)38-24(35)14-28(4)9-11-33(12-10-28)23-8-7-19(16-30-23)22-13-21(37-26(36)32(5)6)18-34-25(22)20(15-29)17-31-34/h7-8,13,16-18H,9-12,14H2,1-6H3. The quantitative estimate of drug-likeness (QED) is 0.448. The maximum Gasteiger partial charge on any atom is 0.414 e. The third-order valence-electron chi connectivity index (χ3n) is 6.62. The van der Waals surface area contributed by atoms with E-state index >= 15 is 0 Å². The zero-order valence-corrected chi connectivity index (χ0v) is 22.8. The number of nitrogens with zero attached hydrogens (tertiary/aromatic N) is 6. The molecule has 0 aliphatic carbocycles. The summed E-state index contributed by atoms with van der Waals surface area (Å²) < 4.78 is 12.5. The number of carbonyl (C=O) groups is 2. The van der Waals surface area contributed by atoms with Crippen LogP contribution in [-0.4, -0.2) is 64.3 Å². The first-order valence-corrected chi connectivity index (χ1v) is 12.6. The van der Waals surface area contributed by atoms with Gasteiger partial charge in [-0.15, -0.1) is 0 Å². The fourth-order valence-corrected chi connectivity index (χ4v) is 4.56. The summed E-state index contributed by atoms with van der Waals surface area (Å²) in [6, 6.07) is 7.79. The number of hydrogen-bond donors (Lipinski definition) is 0. The molecule has 1 fully saturated rings. The van der Waals surface area contributed by atoms with Gasteiger partial charge >= 0.3 is 12.1 Å². The molecule has 4 heterocycles. The molecular weight excluding hydrogens is 484 g/mol. The predicted octanol–water partition coefficient (Wildman–Crippen LogP) is 4.67. The second-order valence-corrected chi connectivity index (χ2v) is 11.3. The topological polar surface area (TPSA) is 113 Å². The maximum atomic E-state index is 12.4. The first-order chi connectivity index (χ1) is 17.9. The highest BCUT2D eigenvalue weighted by molar-refractivity contribution is 5.85. The van der Waals surface area contributed by atoms with Crippen LogP contribution in [0.15, 0.2) is 36.8 Å². The summed E-state index contributed by atoms with van der Waals surface area (Å²) in [5, 5.41) is 13.9. The lowest BCUT2D eigenvalue weighted by Gasteiger charge is -2.39. The molecule has 1 saturated heterocycles. The molecular formula is C28H34N6O4. The molecule has 0 radical (unpaired) electrons. The molecule has 0 aromatic carbocycles. The van der Waals surface area contributed by atoms with Crippen LogP contribution < -0.4 is 9.64 Å². The number of fused-ring (bicyclic) bond motifs is 1. The van der Waals surface area contributed by atoms with E-state index in [1.54, 1.807) is 32.6 Å². The highest BCUT2D eigenvalue weighted by Crippen LogP contribution is 2.37. The number of piperidine rings is 1. The lowest BCUT2D eigenvalue weighted by atomic mass is 9.77. The second kappa shape index (κ2) is 10.3. The van der Waals surface area contributed by atoms with E-state index in [-0.39, 0.29) is 11.4 Å². The van der Waals surface area contributed by atoms with Crippen LogP contribution in [0.25, 0.3) is 16.6 Å². The van der Waals surface area contributed by atoms with Crippen molar-refractivity contribution < 1.29 is 19.1 Å². The lowest BCUT2D eigenvalue weighted by molar-refractivity contribution is -0.157. The zero-order chi connectivity index (χ0) is 27.7. The van der Waals surface area contributed by atoms with Gasteiger partial charge < -0.3 is 19.3 Å². The van der Waals surface area contributed by atoms with Crippen LogP contribution >= 0.6 is 0 Å². The summed E-state index contributed by atoms with van der Waals surface area (Å²) >= 11 is 0. The Morgan fingerprint density at radius 2 is 1.89 bits per heavy atom. The van der Waals surface area contributed by atoms with Gasteiger partial charge in [-0.25, -0.2) is 14.3 Å². The highest BCUT2D eigenvalue weighted by atomic mass is 16.6. The van der Waals surface area contributed by atoms with Gasteiger partial charge in [-0.1, -0.05) is 6.92 Å². The minimum absolute atomic E-state index is 0.107. The van der Waals surface area contributed by atoms with Crippen LogP contribution in [-0.2, 0) is 9.53 Å². The molecule has 38 heavy (non-hydrogen) atoms. The number of ether oxygens (including phenoxy) is 2. The summed E-state index contributed by atoms with van der Waals surface area (Å²) in [4.78, 5) is 32.8. The Kier molecular flexibility index (Phi) is 7.31. The molecule has 10 heteroatoms. The fourth-order valence-electron chi connectivity index (χ4n) is 4.56. The second-order valence-electron chi connectivity index (χ2n) is 11.3. The van der Waals surface area contributed by atoms with Gasteiger partial charge in [0.25, 0.3) is 0 Å². The number of amides is 1. The van der Waals surface area contributed by atoms with Gasteiger partial charge in [-0.3, -0.25) is 4.79 Å². The van der Waals surface area contributed by atoms with Gasteiger partial charge in [-0.2, -0.15) is 10.4 Å². The predicted molar refractivity (Wildman–Crippen MR) is 143 cm³/mol. The van der Waals surface area contributed by atoms with Crippen molar-refractivity contribution in [2.24, 2.45) is 5.41 Å². The van der Waals surface area contributed by atoms with E-state index in [9.17, 15) is 14.9 Å². The van der Waals surface area contributed by atoms with Gasteiger partial charge in [-0.05, 0) is 57.2 Å². The monoisotopic (exact) mass is 518 g/mol. The first-order valence-electron chi connectivity index (χ1n) is 12.6. The van der Waals surface area contributed by atoms with Crippen molar-refractivity contribution in [1.82, 2.24) is 19.5 Å². The van der Waals surface area contributed by atoms with Crippen LogP contribution in [0.3, 0.4) is 0 Å². The van der Waals surface area contributed by atoms with E-state index in [1.165, 1.54) is 15.6 Å². The molecule has 200 valence electrons. The zero-order valence-electron chi connectivity index (χ0n) is 22.8. The van der Waals surface area contributed by atoms with Crippen LogP contribution in [0, 0.1) is 16.7 Å². The van der Waals surface area contributed by atoms with E-state index in [0.29, 0.717) is 28.8 Å². The summed E-state index contributed by atoms with van der Waals surface area (Å²) in [6.45, 7) is 9.37. The van der Waals surface area contributed by atoms with E-state index < -0.39 is 11.7 Å². The SMILES string of the molecule is CN(C)C(=O)Oc1cc(-c2ccc(N3CCC(C)(CC(=O)OC(C)(C)C)CC3)nc2)c2c(C#N)cnn2c1. The Hall–Kier alpha value is -4.13. The van der Waals surface area contributed by atoms with Crippen LogP contribution in [0.2, 0.25) is 0 Å². The molecule has 3 aromatic heterocycles. The fraction of sp³-hybridized carbons (Fsp3) is 0.464. The summed E-state index contributed by atoms with van der Waals surface area (Å²) in [6.07, 6.45) is 6.42. The minimum Gasteiger partial charge on any atom is -0.460 e. The Balaban J connectivity index is 1.52. The average Bonchev–Trinajstić information content (AvgIpc) is 3.25. The number of hydrogen-bond acceptors (Lipinski definition) is 8. The van der Waals surface area contributed by atoms with Crippen molar-refractivity contribution in [2.75, 3.05) is 32.1 Å². The summed E-state index contributed by atoms with van der Waals surface area (Å²) in [7, 11) is 3.21. The maximum absolute atomic E-state index is 12.4. The third kappa shape index (κ3) is 6.05. The van der Waals surface area contributed by atoms with Gasteiger partial charge in [0.2, 0.25) is 0 Å². The smallest absolute Gasteiger partial charge is 0.414 e. The average molecular weight is 519 g/mol. The largest absolute Gasteiger partial charge is 0.460 e. The van der Waals surface area contributed by atoms with E-state index in [1.807, 2.05) is 32.9 Å². The molecule has 1 aliphatic heterocycles. The number of aromatic nitrogens is 3. The van der Waals surface area contributed by atoms with Gasteiger partial charge in [0.05, 0.1) is 29.9 Å². The van der Waals surface area contributed by atoms with Crippen LogP contribution in [0.4, 0.5) is 10.6 Å². The molecule has 0 spiro atoms. The van der Waals surface area contributed by atoms with Gasteiger partial charge in [0, 0.05) is 44.5 Å². The lowest BCUT2D eigenvalue weighted by Crippen LogP contribution is -2.40.